The molecule has 4 nitrogen and oxygen atoms in total. The van der Waals surface area contributed by atoms with Gasteiger partial charge in [-0.25, -0.2) is 0 Å². The fourth-order valence-electron chi connectivity index (χ4n) is 1.76. The van der Waals surface area contributed by atoms with Crippen molar-refractivity contribution in [1.29, 1.82) is 0 Å². The molecule has 0 aliphatic carbocycles. The van der Waals surface area contributed by atoms with Crippen LogP contribution in [0.2, 0.25) is 0 Å². The first-order valence-electron chi connectivity index (χ1n) is 4.91. The van der Waals surface area contributed by atoms with Crippen LogP contribution in [-0.2, 0) is 11.0 Å². The first kappa shape index (κ1) is 9.68. The fourth-order valence-corrected chi connectivity index (χ4v) is 1.76. The van der Waals surface area contributed by atoms with Gasteiger partial charge in [-0.15, -0.1) is 0 Å². The van der Waals surface area contributed by atoms with E-state index in [0.717, 1.165) is 11.3 Å². The van der Waals surface area contributed by atoms with Gasteiger partial charge in [0.25, 0.3) is 0 Å². The fraction of sp³-hybridized carbons (Fsp3) is 0.700. The van der Waals surface area contributed by atoms with E-state index < -0.39 is 5.60 Å². The van der Waals surface area contributed by atoms with Crippen molar-refractivity contribution in [3.05, 3.63) is 17.5 Å². The molecule has 14 heavy (non-hydrogen) atoms. The molecule has 4 heteroatoms. The van der Waals surface area contributed by atoms with E-state index in [1.807, 2.05) is 0 Å². The van der Waals surface area contributed by atoms with Crippen LogP contribution >= 0.6 is 0 Å². The van der Waals surface area contributed by atoms with Crippen LogP contribution in [0.5, 0.6) is 0 Å². The molecule has 1 aliphatic heterocycles. The number of nitrogens with one attached hydrogen (secondary N) is 2. The topological polar surface area (TPSA) is 60.9 Å². The first-order valence-corrected chi connectivity index (χ1v) is 4.91. The Morgan fingerprint density at radius 2 is 2.07 bits per heavy atom. The second-order valence-electron chi connectivity index (χ2n) is 5.04. The number of rotatable bonds is 1. The zero-order valence-electron chi connectivity index (χ0n) is 8.89. The predicted octanol–water partition coefficient (Wildman–Crippen LogP) is 0.498. The minimum absolute atomic E-state index is 0.00282. The van der Waals surface area contributed by atoms with E-state index in [9.17, 15) is 5.11 Å². The van der Waals surface area contributed by atoms with Gasteiger partial charge in [0.05, 0.1) is 6.20 Å². The summed E-state index contributed by atoms with van der Waals surface area (Å²) in [7, 11) is 0. The van der Waals surface area contributed by atoms with Gasteiger partial charge in [-0.3, -0.25) is 5.10 Å². The number of hydrogen-bond acceptors (Lipinski definition) is 3. The minimum Gasteiger partial charge on any atom is -0.382 e. The monoisotopic (exact) mass is 195 g/mol. The van der Waals surface area contributed by atoms with Crippen molar-refractivity contribution >= 4 is 0 Å². The Hall–Kier alpha value is -0.870. The lowest BCUT2D eigenvalue weighted by molar-refractivity contribution is -0.0160. The summed E-state index contributed by atoms with van der Waals surface area (Å²) >= 11 is 0. The molecule has 1 aromatic rings. The predicted molar refractivity (Wildman–Crippen MR) is 54.1 cm³/mol. The molecule has 0 bridgehead atoms. The van der Waals surface area contributed by atoms with Crippen LogP contribution in [0.1, 0.15) is 32.0 Å². The third-order valence-electron chi connectivity index (χ3n) is 2.73. The molecular weight excluding hydrogens is 178 g/mol. The van der Waals surface area contributed by atoms with Crippen LogP contribution in [0.15, 0.2) is 6.20 Å². The summed E-state index contributed by atoms with van der Waals surface area (Å²) in [6.45, 7) is 7.57. The van der Waals surface area contributed by atoms with E-state index in [1.54, 1.807) is 6.20 Å². The number of H-pyrrole nitrogens is 1. The van der Waals surface area contributed by atoms with E-state index in [-0.39, 0.29) is 5.41 Å². The van der Waals surface area contributed by atoms with Gasteiger partial charge in [-0.2, -0.15) is 5.10 Å². The van der Waals surface area contributed by atoms with E-state index >= 15 is 0 Å². The number of nitrogens with zero attached hydrogens (tertiary/aromatic N) is 1. The summed E-state index contributed by atoms with van der Waals surface area (Å²) in [6.07, 6.45) is 1.74. The second kappa shape index (κ2) is 2.81. The third kappa shape index (κ3) is 1.35. The summed E-state index contributed by atoms with van der Waals surface area (Å²) in [4.78, 5) is 0. The zero-order valence-corrected chi connectivity index (χ0v) is 8.89. The van der Waals surface area contributed by atoms with E-state index in [1.165, 1.54) is 0 Å². The highest BCUT2D eigenvalue weighted by atomic mass is 16.3. The molecule has 1 aliphatic rings. The van der Waals surface area contributed by atoms with Gasteiger partial charge in [-0.05, 0) is 0 Å². The van der Waals surface area contributed by atoms with Gasteiger partial charge in [-0.1, -0.05) is 20.8 Å². The van der Waals surface area contributed by atoms with Crippen LogP contribution < -0.4 is 5.32 Å². The normalized spacial score (nSPS) is 20.6. The molecule has 0 radical (unpaired) electrons. The molecule has 0 saturated carbocycles. The number of aromatic amines is 1. The van der Waals surface area contributed by atoms with Gasteiger partial charge >= 0.3 is 0 Å². The highest BCUT2D eigenvalue weighted by Crippen LogP contribution is 2.33. The van der Waals surface area contributed by atoms with Crippen molar-refractivity contribution in [3.8, 4) is 0 Å². The maximum absolute atomic E-state index is 10.2. The zero-order chi connectivity index (χ0) is 10.4. The second-order valence-corrected chi connectivity index (χ2v) is 5.04. The Bertz CT molecular complexity index is 333. The average molecular weight is 195 g/mol. The van der Waals surface area contributed by atoms with Crippen molar-refractivity contribution in [1.82, 2.24) is 15.5 Å². The summed E-state index contributed by atoms with van der Waals surface area (Å²) in [5.41, 5.74) is 1.25. The molecule has 0 spiro atoms. The van der Waals surface area contributed by atoms with Gasteiger partial charge in [0.2, 0.25) is 0 Å². The van der Waals surface area contributed by atoms with Crippen molar-refractivity contribution in [2.45, 2.75) is 31.8 Å². The molecule has 0 unspecified atom stereocenters. The Morgan fingerprint density at radius 3 is 2.50 bits per heavy atom. The number of hydrogen-bond donors (Lipinski definition) is 3. The van der Waals surface area contributed by atoms with Crippen molar-refractivity contribution < 1.29 is 5.11 Å². The van der Waals surface area contributed by atoms with Gasteiger partial charge < -0.3 is 10.4 Å². The average Bonchev–Trinajstić information content (AvgIpc) is 2.46. The Kier molecular flexibility index (Phi) is 1.94. The minimum atomic E-state index is -0.713. The van der Waals surface area contributed by atoms with E-state index in [4.69, 9.17) is 0 Å². The van der Waals surface area contributed by atoms with Crippen LogP contribution in [-0.4, -0.2) is 28.4 Å². The largest absolute Gasteiger partial charge is 0.382 e. The number of β-amino-alcohol motifs (C(OH)–C–C–N with tert-alkyl or cyclic N) is 1. The quantitative estimate of drug-likeness (QED) is 0.611. The van der Waals surface area contributed by atoms with Gasteiger partial charge in [0.15, 0.2) is 0 Å². The van der Waals surface area contributed by atoms with Crippen LogP contribution in [0.3, 0.4) is 0 Å². The molecule has 2 heterocycles. The molecule has 1 aromatic heterocycles. The molecule has 0 atom stereocenters. The molecular formula is C10H17N3O. The molecule has 1 saturated heterocycles. The summed E-state index contributed by atoms with van der Waals surface area (Å²) in [5.74, 6) is 0. The van der Waals surface area contributed by atoms with Gasteiger partial charge in [0, 0.05) is 29.8 Å². The maximum Gasteiger partial charge on any atom is 0.118 e. The summed E-state index contributed by atoms with van der Waals surface area (Å²) in [6, 6.07) is 0. The van der Waals surface area contributed by atoms with Crippen LogP contribution in [0.25, 0.3) is 0 Å². The molecule has 1 fully saturated rings. The molecule has 0 amide bonds. The first-order chi connectivity index (χ1) is 6.43. The number of aromatic nitrogens is 2. The van der Waals surface area contributed by atoms with E-state index in [2.05, 4.69) is 36.3 Å². The highest BCUT2D eigenvalue weighted by Gasteiger charge is 2.40. The van der Waals surface area contributed by atoms with Gasteiger partial charge in [0.1, 0.15) is 5.60 Å². The van der Waals surface area contributed by atoms with Crippen LogP contribution in [0, 0.1) is 0 Å². The molecule has 78 valence electrons. The smallest absolute Gasteiger partial charge is 0.118 e. The SMILES string of the molecule is CC(C)(C)c1[nH]ncc1C1(O)CNC1. The summed E-state index contributed by atoms with van der Waals surface area (Å²) in [5, 5.41) is 20.3. The maximum atomic E-state index is 10.2. The lowest BCUT2D eigenvalue weighted by atomic mass is 9.81. The van der Waals surface area contributed by atoms with E-state index in [0.29, 0.717) is 13.1 Å². The van der Waals surface area contributed by atoms with Crippen molar-refractivity contribution in [2.75, 3.05) is 13.1 Å². The standard InChI is InChI=1S/C10H17N3O/c1-9(2,3)8-7(4-12-13-8)10(14)5-11-6-10/h4,11,14H,5-6H2,1-3H3,(H,12,13). The highest BCUT2D eigenvalue weighted by molar-refractivity contribution is 5.32. The molecule has 2 rings (SSSR count). The molecule has 0 aromatic carbocycles. The third-order valence-corrected chi connectivity index (χ3v) is 2.73. The Morgan fingerprint density at radius 1 is 1.43 bits per heavy atom. The lowest BCUT2D eigenvalue weighted by Gasteiger charge is -2.39. The lowest BCUT2D eigenvalue weighted by Crippen LogP contribution is -2.57. The van der Waals surface area contributed by atoms with Crippen LogP contribution in [0.4, 0.5) is 0 Å². The van der Waals surface area contributed by atoms with Crippen molar-refractivity contribution in [2.24, 2.45) is 0 Å². The number of aliphatic hydroxyl groups is 1. The van der Waals surface area contributed by atoms with Crippen molar-refractivity contribution in [3.63, 3.8) is 0 Å². The Labute approximate surface area is 83.7 Å². The molecule has 3 N–H and O–H groups in total. The Balaban J connectivity index is 2.39. The summed E-state index contributed by atoms with van der Waals surface area (Å²) < 4.78 is 0.